The van der Waals surface area contributed by atoms with Crippen LogP contribution >= 0.6 is 0 Å². The van der Waals surface area contributed by atoms with E-state index in [9.17, 15) is 4.79 Å². The summed E-state index contributed by atoms with van der Waals surface area (Å²) in [6.07, 6.45) is 0. The summed E-state index contributed by atoms with van der Waals surface area (Å²) in [6, 6.07) is 14.3. The first kappa shape index (κ1) is 12.0. The lowest BCUT2D eigenvalue weighted by atomic mass is 10.0. The summed E-state index contributed by atoms with van der Waals surface area (Å²) in [5.74, 6) is 0. The lowest BCUT2D eigenvalue weighted by molar-refractivity contribution is 0.196. The molecule has 0 aliphatic carbocycles. The van der Waals surface area contributed by atoms with E-state index in [0.717, 1.165) is 5.56 Å². The first-order valence-electron chi connectivity index (χ1n) is 6.43. The number of benzene rings is 2. The van der Waals surface area contributed by atoms with Crippen LogP contribution in [0.1, 0.15) is 11.6 Å². The second-order valence-corrected chi connectivity index (χ2v) is 4.78. The number of hydrogen-bond donors (Lipinski definition) is 2. The highest BCUT2D eigenvalue weighted by Gasteiger charge is 2.29. The van der Waals surface area contributed by atoms with Gasteiger partial charge >= 0.3 is 6.03 Å². The van der Waals surface area contributed by atoms with Crippen LogP contribution in [0.5, 0.6) is 0 Å². The number of fused-ring (bicyclic) bond motifs is 1. The normalized spacial score (nSPS) is 18.9. The highest BCUT2D eigenvalue weighted by molar-refractivity contribution is 5.84. The van der Waals surface area contributed by atoms with E-state index in [-0.39, 0.29) is 18.7 Å². The van der Waals surface area contributed by atoms with Crippen molar-refractivity contribution in [2.45, 2.75) is 6.04 Å². The van der Waals surface area contributed by atoms with Crippen LogP contribution in [0.2, 0.25) is 0 Å². The third-order valence-electron chi connectivity index (χ3n) is 3.53. The van der Waals surface area contributed by atoms with Crippen LogP contribution in [0.25, 0.3) is 10.8 Å². The van der Waals surface area contributed by atoms with Crippen molar-refractivity contribution < 1.29 is 9.90 Å². The maximum atomic E-state index is 11.7. The van der Waals surface area contributed by atoms with Crippen molar-refractivity contribution in [1.29, 1.82) is 0 Å². The van der Waals surface area contributed by atoms with E-state index < -0.39 is 0 Å². The molecule has 2 amide bonds. The van der Waals surface area contributed by atoms with Crippen LogP contribution in [0.3, 0.4) is 0 Å². The maximum absolute atomic E-state index is 11.7. The molecule has 1 heterocycles. The average Bonchev–Trinajstić information content (AvgIpc) is 2.80. The van der Waals surface area contributed by atoms with E-state index in [2.05, 4.69) is 35.6 Å². The fourth-order valence-corrected chi connectivity index (χ4v) is 2.52. The molecule has 1 aliphatic rings. The van der Waals surface area contributed by atoms with Gasteiger partial charge in [-0.25, -0.2) is 4.79 Å². The lowest BCUT2D eigenvalue weighted by Crippen LogP contribution is -2.30. The van der Waals surface area contributed by atoms with E-state index in [1.54, 1.807) is 4.90 Å². The van der Waals surface area contributed by atoms with Crippen molar-refractivity contribution in [2.75, 3.05) is 19.7 Å². The van der Waals surface area contributed by atoms with Gasteiger partial charge in [0, 0.05) is 13.1 Å². The quantitative estimate of drug-likeness (QED) is 0.881. The number of nitrogens with one attached hydrogen (secondary N) is 1. The van der Waals surface area contributed by atoms with Crippen molar-refractivity contribution in [3.63, 3.8) is 0 Å². The Morgan fingerprint density at radius 2 is 2.00 bits per heavy atom. The zero-order chi connectivity index (χ0) is 13.2. The van der Waals surface area contributed by atoms with Crippen molar-refractivity contribution in [3.05, 3.63) is 48.0 Å². The summed E-state index contributed by atoms with van der Waals surface area (Å²) in [4.78, 5) is 13.4. The van der Waals surface area contributed by atoms with Crippen LogP contribution in [0.15, 0.2) is 42.5 Å². The van der Waals surface area contributed by atoms with Crippen molar-refractivity contribution in [3.8, 4) is 0 Å². The number of aliphatic hydroxyl groups excluding tert-OH is 1. The van der Waals surface area contributed by atoms with Crippen molar-refractivity contribution >= 4 is 16.8 Å². The molecule has 2 N–H and O–H groups in total. The Bertz CT molecular complexity index is 612. The molecular weight excluding hydrogens is 240 g/mol. The molecule has 0 radical (unpaired) electrons. The van der Waals surface area contributed by atoms with Gasteiger partial charge in [0.1, 0.15) is 0 Å². The average molecular weight is 256 g/mol. The predicted molar refractivity (Wildman–Crippen MR) is 73.9 cm³/mol. The maximum Gasteiger partial charge on any atom is 0.318 e. The number of carbonyl (C=O) groups is 1. The van der Waals surface area contributed by atoms with Gasteiger partial charge < -0.3 is 15.3 Å². The van der Waals surface area contributed by atoms with Crippen molar-refractivity contribution in [1.82, 2.24) is 10.2 Å². The number of hydrogen-bond acceptors (Lipinski definition) is 2. The SMILES string of the molecule is O=C1NC(c2ccc3ccccc3c2)CN1CCO. The van der Waals surface area contributed by atoms with Gasteiger partial charge in [0.15, 0.2) is 0 Å². The van der Waals surface area contributed by atoms with Crippen LogP contribution < -0.4 is 5.32 Å². The second-order valence-electron chi connectivity index (χ2n) is 4.78. The topological polar surface area (TPSA) is 52.6 Å². The molecule has 98 valence electrons. The van der Waals surface area contributed by atoms with Crippen LogP contribution in [0, 0.1) is 0 Å². The molecule has 0 aromatic heterocycles. The minimum Gasteiger partial charge on any atom is -0.395 e. The zero-order valence-corrected chi connectivity index (χ0v) is 10.5. The number of urea groups is 1. The number of rotatable bonds is 3. The molecule has 4 heteroatoms. The van der Waals surface area contributed by atoms with Gasteiger partial charge in [0.2, 0.25) is 0 Å². The molecule has 3 rings (SSSR count). The van der Waals surface area contributed by atoms with E-state index in [0.29, 0.717) is 13.1 Å². The summed E-state index contributed by atoms with van der Waals surface area (Å²) in [7, 11) is 0. The van der Waals surface area contributed by atoms with Gasteiger partial charge in [-0.05, 0) is 22.4 Å². The molecule has 2 aromatic carbocycles. The number of amides is 2. The van der Waals surface area contributed by atoms with Crippen LogP contribution in [-0.2, 0) is 0 Å². The molecule has 4 nitrogen and oxygen atoms in total. The highest BCUT2D eigenvalue weighted by atomic mass is 16.3. The fraction of sp³-hybridized carbons (Fsp3) is 0.267. The molecule has 1 aliphatic heterocycles. The third kappa shape index (κ3) is 2.27. The number of aliphatic hydroxyl groups is 1. The van der Waals surface area contributed by atoms with E-state index in [4.69, 9.17) is 5.11 Å². The van der Waals surface area contributed by atoms with Gasteiger partial charge in [-0.3, -0.25) is 0 Å². The van der Waals surface area contributed by atoms with Crippen LogP contribution in [0.4, 0.5) is 4.79 Å². The summed E-state index contributed by atoms with van der Waals surface area (Å²) < 4.78 is 0. The Morgan fingerprint density at radius 3 is 2.79 bits per heavy atom. The summed E-state index contributed by atoms with van der Waals surface area (Å²) in [5.41, 5.74) is 1.10. The number of carbonyl (C=O) groups excluding carboxylic acids is 1. The largest absolute Gasteiger partial charge is 0.395 e. The molecule has 0 bridgehead atoms. The van der Waals surface area contributed by atoms with E-state index in [1.165, 1.54) is 10.8 Å². The molecule has 1 fully saturated rings. The molecule has 0 saturated carbocycles. The highest BCUT2D eigenvalue weighted by Crippen LogP contribution is 2.24. The molecule has 1 saturated heterocycles. The van der Waals surface area contributed by atoms with E-state index in [1.807, 2.05) is 12.1 Å². The first-order valence-corrected chi connectivity index (χ1v) is 6.43. The zero-order valence-electron chi connectivity index (χ0n) is 10.5. The Balaban J connectivity index is 1.87. The predicted octanol–water partition coefficient (Wildman–Crippen LogP) is 1.90. The van der Waals surface area contributed by atoms with Gasteiger partial charge in [0.25, 0.3) is 0 Å². The standard InChI is InChI=1S/C15H16N2O2/c18-8-7-17-10-14(16-15(17)19)13-6-5-11-3-1-2-4-12(11)9-13/h1-6,9,14,18H,7-8,10H2,(H,16,19). The van der Waals surface area contributed by atoms with Gasteiger partial charge in [-0.15, -0.1) is 0 Å². The molecule has 0 spiro atoms. The molecule has 1 unspecified atom stereocenters. The van der Waals surface area contributed by atoms with Crippen molar-refractivity contribution in [2.24, 2.45) is 0 Å². The third-order valence-corrected chi connectivity index (χ3v) is 3.53. The lowest BCUT2D eigenvalue weighted by Gasteiger charge is -2.13. The monoisotopic (exact) mass is 256 g/mol. The molecule has 1 atom stereocenters. The molecule has 2 aromatic rings. The first-order chi connectivity index (χ1) is 9.28. The Labute approximate surface area is 111 Å². The van der Waals surface area contributed by atoms with Crippen LogP contribution in [-0.4, -0.2) is 35.7 Å². The summed E-state index contributed by atoms with van der Waals surface area (Å²) in [5, 5.41) is 14.2. The Kier molecular flexibility index (Phi) is 3.09. The Morgan fingerprint density at radius 1 is 1.21 bits per heavy atom. The number of nitrogens with zero attached hydrogens (tertiary/aromatic N) is 1. The molecular formula is C15H16N2O2. The minimum atomic E-state index is -0.104. The van der Waals surface area contributed by atoms with Gasteiger partial charge in [0.05, 0.1) is 12.6 Å². The van der Waals surface area contributed by atoms with E-state index >= 15 is 0 Å². The smallest absolute Gasteiger partial charge is 0.318 e. The van der Waals surface area contributed by atoms with Gasteiger partial charge in [-0.1, -0.05) is 36.4 Å². The number of β-amino-alcohol motifs (C(OH)–C–C–N with tert-alkyl or cyclic N) is 1. The minimum absolute atomic E-state index is 0.00212. The summed E-state index contributed by atoms with van der Waals surface area (Å²) >= 11 is 0. The summed E-state index contributed by atoms with van der Waals surface area (Å²) in [6.45, 7) is 0.992. The Hall–Kier alpha value is -2.07. The van der Waals surface area contributed by atoms with Gasteiger partial charge in [-0.2, -0.15) is 0 Å². The fourth-order valence-electron chi connectivity index (χ4n) is 2.52. The molecule has 19 heavy (non-hydrogen) atoms. The second kappa shape index (κ2) is 4.90.